The number of carbonyl (C=O) groups excluding carboxylic acids is 1. The first-order chi connectivity index (χ1) is 15.7. The molecule has 1 unspecified atom stereocenters. The molecule has 0 aliphatic carbocycles. The van der Waals surface area contributed by atoms with Crippen molar-refractivity contribution in [3.8, 4) is 0 Å². The number of nitrogens with one attached hydrogen (secondary N) is 1. The smallest absolute Gasteiger partial charge is 0.321 e. The summed E-state index contributed by atoms with van der Waals surface area (Å²) in [5.41, 5.74) is 2.11. The second kappa shape index (κ2) is 9.51. The summed E-state index contributed by atoms with van der Waals surface area (Å²) in [7, 11) is 0. The van der Waals surface area contributed by atoms with Crippen molar-refractivity contribution < 1.29 is 9.53 Å². The predicted molar refractivity (Wildman–Crippen MR) is 128 cm³/mol. The maximum atomic E-state index is 12.7. The van der Waals surface area contributed by atoms with Crippen molar-refractivity contribution in [3.63, 3.8) is 0 Å². The average molecular weight is 435 g/mol. The number of piperidine rings is 1. The SMILES string of the molecule is O=C(Nc1ccccc1)N1CCC2(CC1)CC(N1CCN(c3ccccc3)CC1)CCO2. The lowest BCUT2D eigenvalue weighted by atomic mass is 9.81. The van der Waals surface area contributed by atoms with E-state index in [1.165, 1.54) is 5.69 Å². The lowest BCUT2D eigenvalue weighted by Gasteiger charge is -2.49. The molecule has 6 nitrogen and oxygen atoms in total. The molecular formula is C26H34N4O2. The number of piperazine rings is 1. The molecule has 0 bridgehead atoms. The Morgan fingerprint density at radius 2 is 1.53 bits per heavy atom. The summed E-state index contributed by atoms with van der Waals surface area (Å²) < 4.78 is 6.37. The van der Waals surface area contributed by atoms with E-state index in [1.54, 1.807) is 0 Å². The van der Waals surface area contributed by atoms with Gasteiger partial charge in [0.05, 0.1) is 5.60 Å². The van der Waals surface area contributed by atoms with Crippen LogP contribution >= 0.6 is 0 Å². The van der Waals surface area contributed by atoms with Crippen molar-refractivity contribution in [3.05, 3.63) is 60.7 Å². The minimum atomic E-state index is -0.0665. The first-order valence-corrected chi connectivity index (χ1v) is 12.0. The van der Waals surface area contributed by atoms with Crippen LogP contribution in [0.4, 0.5) is 16.2 Å². The van der Waals surface area contributed by atoms with E-state index in [9.17, 15) is 4.79 Å². The normalized spacial score (nSPS) is 23.8. The van der Waals surface area contributed by atoms with Crippen LogP contribution in [0.2, 0.25) is 0 Å². The Kier molecular flexibility index (Phi) is 6.32. The van der Waals surface area contributed by atoms with E-state index >= 15 is 0 Å². The average Bonchev–Trinajstić information content (AvgIpc) is 2.86. The van der Waals surface area contributed by atoms with E-state index in [-0.39, 0.29) is 11.6 Å². The van der Waals surface area contributed by atoms with Gasteiger partial charge < -0.3 is 19.9 Å². The van der Waals surface area contributed by atoms with Crippen LogP contribution in [0, 0.1) is 0 Å². The molecule has 3 aliphatic heterocycles. The van der Waals surface area contributed by atoms with Gasteiger partial charge in [0.15, 0.2) is 0 Å². The van der Waals surface area contributed by atoms with Crippen LogP contribution in [0.15, 0.2) is 60.7 Å². The molecule has 5 rings (SSSR count). The quantitative estimate of drug-likeness (QED) is 0.792. The topological polar surface area (TPSA) is 48.1 Å². The van der Waals surface area contributed by atoms with Gasteiger partial charge in [0.25, 0.3) is 0 Å². The molecule has 0 saturated carbocycles. The highest BCUT2D eigenvalue weighted by atomic mass is 16.5. The van der Waals surface area contributed by atoms with Gasteiger partial charge in [0, 0.05) is 63.3 Å². The summed E-state index contributed by atoms with van der Waals surface area (Å²) >= 11 is 0. The Morgan fingerprint density at radius 1 is 0.875 bits per heavy atom. The maximum absolute atomic E-state index is 12.7. The Balaban J connectivity index is 1.12. The van der Waals surface area contributed by atoms with Crippen LogP contribution in [-0.4, -0.2) is 73.3 Å². The highest BCUT2D eigenvalue weighted by Gasteiger charge is 2.43. The lowest BCUT2D eigenvalue weighted by Crippen LogP contribution is -2.57. The third-order valence-corrected chi connectivity index (χ3v) is 7.41. The number of likely N-dealkylation sites (tertiary alicyclic amines) is 1. The molecule has 2 aromatic carbocycles. The Bertz CT molecular complexity index is 875. The van der Waals surface area contributed by atoms with Gasteiger partial charge in [-0.25, -0.2) is 4.79 Å². The van der Waals surface area contributed by atoms with Crippen LogP contribution in [0.25, 0.3) is 0 Å². The monoisotopic (exact) mass is 434 g/mol. The van der Waals surface area contributed by atoms with Crippen molar-refractivity contribution in [2.24, 2.45) is 0 Å². The molecule has 1 atom stereocenters. The van der Waals surface area contributed by atoms with Gasteiger partial charge in [-0.2, -0.15) is 0 Å². The summed E-state index contributed by atoms with van der Waals surface area (Å²) in [5.74, 6) is 0. The van der Waals surface area contributed by atoms with Crippen molar-refractivity contribution in [2.75, 3.05) is 56.1 Å². The molecule has 1 spiro atoms. The minimum Gasteiger partial charge on any atom is -0.375 e. The van der Waals surface area contributed by atoms with Crippen molar-refractivity contribution in [2.45, 2.75) is 37.3 Å². The molecule has 32 heavy (non-hydrogen) atoms. The molecule has 3 saturated heterocycles. The zero-order valence-corrected chi connectivity index (χ0v) is 18.8. The number of rotatable bonds is 3. The minimum absolute atomic E-state index is 0.00422. The molecule has 6 heteroatoms. The van der Waals surface area contributed by atoms with Gasteiger partial charge in [0.1, 0.15) is 0 Å². The van der Waals surface area contributed by atoms with E-state index in [0.29, 0.717) is 6.04 Å². The predicted octanol–water partition coefficient (Wildman–Crippen LogP) is 4.05. The maximum Gasteiger partial charge on any atom is 0.321 e. The number of amides is 2. The van der Waals surface area contributed by atoms with Crippen LogP contribution < -0.4 is 10.2 Å². The number of hydrogen-bond donors (Lipinski definition) is 1. The number of hydrogen-bond acceptors (Lipinski definition) is 4. The number of urea groups is 1. The highest BCUT2D eigenvalue weighted by molar-refractivity contribution is 5.89. The molecule has 1 N–H and O–H groups in total. The van der Waals surface area contributed by atoms with Crippen LogP contribution in [0.3, 0.4) is 0 Å². The zero-order valence-electron chi connectivity index (χ0n) is 18.8. The molecule has 3 aliphatic rings. The molecular weight excluding hydrogens is 400 g/mol. The largest absolute Gasteiger partial charge is 0.375 e. The second-order valence-electron chi connectivity index (χ2n) is 9.32. The zero-order chi connectivity index (χ0) is 21.8. The highest BCUT2D eigenvalue weighted by Crippen LogP contribution is 2.37. The van der Waals surface area contributed by atoms with E-state index in [4.69, 9.17) is 4.74 Å². The summed E-state index contributed by atoms with van der Waals surface area (Å²) in [6, 6.07) is 21.0. The van der Waals surface area contributed by atoms with Gasteiger partial charge in [-0.15, -0.1) is 0 Å². The number of ether oxygens (including phenoxy) is 1. The van der Waals surface area contributed by atoms with Crippen LogP contribution in [0.5, 0.6) is 0 Å². The number of anilines is 2. The van der Waals surface area contributed by atoms with Gasteiger partial charge in [-0.05, 0) is 49.9 Å². The Hall–Kier alpha value is -2.57. The van der Waals surface area contributed by atoms with E-state index < -0.39 is 0 Å². The fourth-order valence-electron chi connectivity index (χ4n) is 5.49. The molecule has 0 radical (unpaired) electrons. The number of para-hydroxylation sites is 2. The summed E-state index contributed by atoms with van der Waals surface area (Å²) in [6.45, 7) is 6.74. The van der Waals surface area contributed by atoms with Gasteiger partial charge in [-0.1, -0.05) is 36.4 Å². The first kappa shape index (κ1) is 21.3. The lowest BCUT2D eigenvalue weighted by molar-refractivity contribution is -0.129. The fraction of sp³-hybridized carbons (Fsp3) is 0.500. The molecule has 3 fully saturated rings. The summed E-state index contributed by atoms with van der Waals surface area (Å²) in [6.07, 6.45) is 4.06. The fourth-order valence-corrected chi connectivity index (χ4v) is 5.49. The molecule has 2 amide bonds. The van der Waals surface area contributed by atoms with Crippen molar-refractivity contribution in [1.29, 1.82) is 0 Å². The third kappa shape index (κ3) is 4.76. The molecule has 170 valence electrons. The summed E-state index contributed by atoms with van der Waals surface area (Å²) in [5, 5.41) is 3.01. The van der Waals surface area contributed by atoms with Crippen LogP contribution in [-0.2, 0) is 4.74 Å². The van der Waals surface area contributed by atoms with Crippen molar-refractivity contribution in [1.82, 2.24) is 9.80 Å². The van der Waals surface area contributed by atoms with Crippen molar-refractivity contribution >= 4 is 17.4 Å². The van der Waals surface area contributed by atoms with Gasteiger partial charge >= 0.3 is 6.03 Å². The van der Waals surface area contributed by atoms with E-state index in [0.717, 1.165) is 77.2 Å². The standard InChI is InChI=1S/C26H34N4O2/c31-25(27-22-7-3-1-4-8-22)30-14-12-26(13-15-30)21-24(11-20-32-26)29-18-16-28(17-19-29)23-9-5-2-6-10-23/h1-10,24H,11-21H2,(H,27,31). The third-order valence-electron chi connectivity index (χ3n) is 7.41. The van der Waals surface area contributed by atoms with Crippen LogP contribution in [0.1, 0.15) is 25.7 Å². The Morgan fingerprint density at radius 3 is 2.22 bits per heavy atom. The number of benzene rings is 2. The number of carbonyl (C=O) groups is 1. The Labute approximate surface area is 191 Å². The molecule has 2 aromatic rings. The molecule has 3 heterocycles. The summed E-state index contributed by atoms with van der Waals surface area (Å²) in [4.78, 5) is 19.8. The first-order valence-electron chi connectivity index (χ1n) is 12.0. The van der Waals surface area contributed by atoms with E-state index in [2.05, 4.69) is 45.4 Å². The van der Waals surface area contributed by atoms with E-state index in [1.807, 2.05) is 35.2 Å². The second-order valence-corrected chi connectivity index (χ2v) is 9.32. The van der Waals surface area contributed by atoms with Gasteiger partial charge in [0.2, 0.25) is 0 Å². The molecule has 0 aromatic heterocycles. The van der Waals surface area contributed by atoms with Gasteiger partial charge in [-0.3, -0.25) is 4.90 Å². The number of nitrogens with zero attached hydrogens (tertiary/aromatic N) is 3.